The maximum absolute atomic E-state index is 13.1. The second-order valence-corrected chi connectivity index (χ2v) is 4.21. The van der Waals surface area contributed by atoms with E-state index >= 15 is 0 Å². The second-order valence-electron chi connectivity index (χ2n) is 3.85. The van der Waals surface area contributed by atoms with Crippen LogP contribution >= 0.6 is 11.6 Å². The van der Waals surface area contributed by atoms with Gasteiger partial charge in [-0.05, 0) is 29.0 Å². The first-order chi connectivity index (χ1) is 7.09. The summed E-state index contributed by atoms with van der Waals surface area (Å²) in [5.41, 5.74) is 1.09. The van der Waals surface area contributed by atoms with E-state index in [4.69, 9.17) is 11.6 Å². The van der Waals surface area contributed by atoms with Crippen molar-refractivity contribution in [2.24, 2.45) is 0 Å². The van der Waals surface area contributed by atoms with Gasteiger partial charge in [0.25, 0.3) is 0 Å². The summed E-state index contributed by atoms with van der Waals surface area (Å²) in [5, 5.41) is 2.02. The van der Waals surface area contributed by atoms with Crippen LogP contribution in [0.25, 0.3) is 10.8 Å². The van der Waals surface area contributed by atoms with Crippen molar-refractivity contribution < 1.29 is 4.39 Å². The SMILES string of the molecule is CC(C)c1cnc(Cl)c2cc(F)ccc12. The molecule has 0 unspecified atom stereocenters. The number of hydrogen-bond acceptors (Lipinski definition) is 1. The highest BCUT2D eigenvalue weighted by Gasteiger charge is 2.09. The summed E-state index contributed by atoms with van der Waals surface area (Å²) >= 11 is 5.93. The summed E-state index contributed by atoms with van der Waals surface area (Å²) < 4.78 is 13.1. The van der Waals surface area contributed by atoms with Crippen LogP contribution in [0.3, 0.4) is 0 Å². The monoisotopic (exact) mass is 223 g/mol. The maximum atomic E-state index is 13.1. The van der Waals surface area contributed by atoms with Gasteiger partial charge in [-0.15, -0.1) is 0 Å². The lowest BCUT2D eigenvalue weighted by Crippen LogP contribution is -1.92. The van der Waals surface area contributed by atoms with Gasteiger partial charge in [-0.3, -0.25) is 0 Å². The molecule has 0 spiro atoms. The highest BCUT2D eigenvalue weighted by atomic mass is 35.5. The summed E-state index contributed by atoms with van der Waals surface area (Å²) in [7, 11) is 0. The topological polar surface area (TPSA) is 12.9 Å². The Labute approximate surface area is 92.9 Å². The zero-order valence-electron chi connectivity index (χ0n) is 8.59. The van der Waals surface area contributed by atoms with Gasteiger partial charge in [-0.25, -0.2) is 9.37 Å². The van der Waals surface area contributed by atoms with E-state index in [1.807, 2.05) is 0 Å². The maximum Gasteiger partial charge on any atom is 0.136 e. The van der Waals surface area contributed by atoms with Crippen LogP contribution < -0.4 is 0 Å². The number of pyridine rings is 1. The molecule has 1 heterocycles. The lowest BCUT2D eigenvalue weighted by molar-refractivity contribution is 0.629. The van der Waals surface area contributed by atoms with Crippen LogP contribution in [0.15, 0.2) is 24.4 Å². The standard InChI is InChI=1S/C12H11ClFN/c1-7(2)11-6-15-12(13)10-5-8(14)3-4-9(10)11/h3-7H,1-2H3. The molecule has 1 nitrogen and oxygen atoms in total. The molecule has 0 radical (unpaired) electrons. The molecule has 1 aromatic heterocycles. The third-order valence-corrected chi connectivity index (χ3v) is 2.76. The molecule has 0 saturated heterocycles. The van der Waals surface area contributed by atoms with Gasteiger partial charge in [0.15, 0.2) is 0 Å². The van der Waals surface area contributed by atoms with Crippen LogP contribution in [-0.4, -0.2) is 4.98 Å². The van der Waals surface area contributed by atoms with Crippen molar-refractivity contribution in [3.05, 3.63) is 40.9 Å². The first-order valence-corrected chi connectivity index (χ1v) is 5.21. The fourth-order valence-electron chi connectivity index (χ4n) is 1.66. The first-order valence-electron chi connectivity index (χ1n) is 4.83. The Balaban J connectivity index is 2.82. The average molecular weight is 224 g/mol. The number of benzene rings is 1. The molecule has 1 aromatic carbocycles. The Morgan fingerprint density at radius 1 is 1.27 bits per heavy atom. The first kappa shape index (κ1) is 10.4. The fourth-order valence-corrected chi connectivity index (χ4v) is 1.87. The van der Waals surface area contributed by atoms with E-state index in [1.54, 1.807) is 12.3 Å². The molecule has 15 heavy (non-hydrogen) atoms. The van der Waals surface area contributed by atoms with E-state index < -0.39 is 0 Å². The van der Waals surface area contributed by atoms with Gasteiger partial charge in [0.1, 0.15) is 11.0 Å². The van der Waals surface area contributed by atoms with Crippen LogP contribution in [-0.2, 0) is 0 Å². The van der Waals surface area contributed by atoms with E-state index in [9.17, 15) is 4.39 Å². The van der Waals surface area contributed by atoms with Crippen LogP contribution in [0.5, 0.6) is 0 Å². The molecule has 2 rings (SSSR count). The molecule has 0 aliphatic rings. The van der Waals surface area contributed by atoms with Crippen molar-refractivity contribution in [2.75, 3.05) is 0 Å². The predicted molar refractivity (Wildman–Crippen MR) is 60.8 cm³/mol. The Hall–Kier alpha value is -1.15. The van der Waals surface area contributed by atoms with E-state index in [0.717, 1.165) is 10.9 Å². The molecule has 0 amide bonds. The van der Waals surface area contributed by atoms with Gasteiger partial charge in [0.2, 0.25) is 0 Å². The molecule has 0 atom stereocenters. The summed E-state index contributed by atoms with van der Waals surface area (Å²) in [4.78, 5) is 4.07. The Kier molecular flexibility index (Phi) is 2.61. The minimum atomic E-state index is -0.285. The number of hydrogen-bond donors (Lipinski definition) is 0. The Morgan fingerprint density at radius 3 is 2.67 bits per heavy atom. The van der Waals surface area contributed by atoms with Crippen LogP contribution in [0.1, 0.15) is 25.3 Å². The summed E-state index contributed by atoms with van der Waals surface area (Å²) in [6.07, 6.45) is 1.76. The molecule has 2 aromatic rings. The van der Waals surface area contributed by atoms with Gasteiger partial charge in [-0.1, -0.05) is 31.5 Å². The number of rotatable bonds is 1. The number of aromatic nitrogens is 1. The number of nitrogens with zero attached hydrogens (tertiary/aromatic N) is 1. The number of fused-ring (bicyclic) bond motifs is 1. The molecule has 0 aliphatic heterocycles. The zero-order valence-corrected chi connectivity index (χ0v) is 9.35. The van der Waals surface area contributed by atoms with Crippen LogP contribution in [0, 0.1) is 5.82 Å². The van der Waals surface area contributed by atoms with Gasteiger partial charge >= 0.3 is 0 Å². The van der Waals surface area contributed by atoms with Crippen molar-refractivity contribution in [1.29, 1.82) is 0 Å². The van der Waals surface area contributed by atoms with Crippen molar-refractivity contribution in [3.8, 4) is 0 Å². The van der Waals surface area contributed by atoms with Crippen molar-refractivity contribution in [2.45, 2.75) is 19.8 Å². The molecule has 0 saturated carbocycles. The minimum absolute atomic E-state index is 0.285. The van der Waals surface area contributed by atoms with Crippen LogP contribution in [0.2, 0.25) is 5.15 Å². The molecular weight excluding hydrogens is 213 g/mol. The predicted octanol–water partition coefficient (Wildman–Crippen LogP) is 4.15. The molecule has 0 bridgehead atoms. The van der Waals surface area contributed by atoms with Crippen molar-refractivity contribution >= 4 is 22.4 Å². The fraction of sp³-hybridized carbons (Fsp3) is 0.250. The number of halogens is 2. The van der Waals surface area contributed by atoms with Crippen molar-refractivity contribution in [1.82, 2.24) is 4.98 Å². The highest BCUT2D eigenvalue weighted by molar-refractivity contribution is 6.34. The zero-order chi connectivity index (χ0) is 11.0. The third-order valence-electron chi connectivity index (χ3n) is 2.45. The molecule has 3 heteroatoms. The summed E-state index contributed by atoms with van der Waals surface area (Å²) in [6.45, 7) is 4.15. The molecule has 0 aliphatic carbocycles. The third kappa shape index (κ3) is 1.82. The quantitative estimate of drug-likeness (QED) is 0.662. The lowest BCUT2D eigenvalue weighted by Gasteiger charge is -2.10. The van der Waals surface area contributed by atoms with Gasteiger partial charge in [0.05, 0.1) is 0 Å². The summed E-state index contributed by atoms with van der Waals surface area (Å²) in [6, 6.07) is 4.63. The average Bonchev–Trinajstić information content (AvgIpc) is 2.19. The minimum Gasteiger partial charge on any atom is -0.244 e. The molecule has 0 N–H and O–H groups in total. The van der Waals surface area contributed by atoms with E-state index in [2.05, 4.69) is 18.8 Å². The van der Waals surface area contributed by atoms with E-state index in [1.165, 1.54) is 12.1 Å². The van der Waals surface area contributed by atoms with E-state index in [0.29, 0.717) is 16.5 Å². The lowest BCUT2D eigenvalue weighted by atomic mass is 9.99. The largest absolute Gasteiger partial charge is 0.244 e. The molecule has 78 valence electrons. The normalized spacial score (nSPS) is 11.3. The highest BCUT2D eigenvalue weighted by Crippen LogP contribution is 2.29. The van der Waals surface area contributed by atoms with Crippen LogP contribution in [0.4, 0.5) is 4.39 Å². The van der Waals surface area contributed by atoms with E-state index in [-0.39, 0.29) is 5.82 Å². The second kappa shape index (κ2) is 3.78. The van der Waals surface area contributed by atoms with Gasteiger partial charge in [-0.2, -0.15) is 0 Å². The Bertz CT molecular complexity index is 508. The summed E-state index contributed by atoms with van der Waals surface area (Å²) in [5.74, 6) is 0.0647. The smallest absolute Gasteiger partial charge is 0.136 e. The van der Waals surface area contributed by atoms with Gasteiger partial charge < -0.3 is 0 Å². The van der Waals surface area contributed by atoms with Crippen molar-refractivity contribution in [3.63, 3.8) is 0 Å². The Morgan fingerprint density at radius 2 is 2.00 bits per heavy atom. The molecule has 0 fully saturated rings. The molecular formula is C12H11ClFN. The van der Waals surface area contributed by atoms with Gasteiger partial charge in [0, 0.05) is 11.6 Å².